The lowest BCUT2D eigenvalue weighted by Gasteiger charge is -2.13. The first-order valence-corrected chi connectivity index (χ1v) is 7.15. The summed E-state index contributed by atoms with van der Waals surface area (Å²) in [4.78, 5) is 15.7. The number of rotatable bonds is 6. The summed E-state index contributed by atoms with van der Waals surface area (Å²) in [5.74, 6) is 0.283. The van der Waals surface area contributed by atoms with E-state index >= 15 is 0 Å². The van der Waals surface area contributed by atoms with Crippen LogP contribution in [0.25, 0.3) is 11.1 Å². The number of nitrogens with two attached hydrogens (primary N) is 1. The van der Waals surface area contributed by atoms with E-state index in [4.69, 9.17) is 15.2 Å². The second kappa shape index (κ2) is 7.56. The molecule has 0 aliphatic rings. The van der Waals surface area contributed by atoms with Gasteiger partial charge in [0.1, 0.15) is 0 Å². The molecule has 0 amide bonds. The molecule has 0 aliphatic carbocycles. The van der Waals surface area contributed by atoms with Crippen LogP contribution in [0.5, 0.6) is 5.88 Å². The van der Waals surface area contributed by atoms with E-state index in [2.05, 4.69) is 4.98 Å². The van der Waals surface area contributed by atoms with Gasteiger partial charge < -0.3 is 15.2 Å². The Bertz CT molecular complexity index is 626. The smallest absolute Gasteiger partial charge is 0.307 e. The van der Waals surface area contributed by atoms with Crippen molar-refractivity contribution in [2.24, 2.45) is 5.73 Å². The van der Waals surface area contributed by atoms with E-state index in [1.54, 1.807) is 26.3 Å². The summed E-state index contributed by atoms with van der Waals surface area (Å²) >= 11 is 0. The van der Waals surface area contributed by atoms with Crippen molar-refractivity contribution < 1.29 is 14.3 Å². The molecule has 1 heterocycles. The first-order chi connectivity index (χ1) is 10.6. The van der Waals surface area contributed by atoms with Gasteiger partial charge in [-0.3, -0.25) is 4.79 Å². The van der Waals surface area contributed by atoms with E-state index in [9.17, 15) is 4.79 Å². The van der Waals surface area contributed by atoms with E-state index in [0.29, 0.717) is 12.5 Å². The Hall–Kier alpha value is -2.40. The highest BCUT2D eigenvalue weighted by atomic mass is 16.5. The number of methoxy groups -OCH3 is 1. The number of carbonyl (C=O) groups excluding carboxylic acids is 1. The monoisotopic (exact) mass is 300 g/mol. The summed E-state index contributed by atoms with van der Waals surface area (Å²) in [6.45, 7) is 2.14. The SMILES string of the molecule is CCOC(=O)CC(N)c1cccc(-c2ccc(OC)nc2)c1. The third kappa shape index (κ3) is 4.05. The minimum absolute atomic E-state index is 0.165. The summed E-state index contributed by atoms with van der Waals surface area (Å²) in [5, 5.41) is 0. The molecular weight excluding hydrogens is 280 g/mol. The van der Waals surface area contributed by atoms with E-state index < -0.39 is 0 Å². The van der Waals surface area contributed by atoms with Crippen molar-refractivity contribution in [3.05, 3.63) is 48.2 Å². The number of aromatic nitrogens is 1. The fourth-order valence-corrected chi connectivity index (χ4v) is 2.14. The molecule has 116 valence electrons. The minimum atomic E-state index is -0.384. The summed E-state index contributed by atoms with van der Waals surface area (Å²) in [5.41, 5.74) is 8.93. The number of ether oxygens (including phenoxy) is 2. The zero-order valence-corrected chi connectivity index (χ0v) is 12.8. The second-order valence-electron chi connectivity index (χ2n) is 4.83. The molecule has 1 unspecified atom stereocenters. The van der Waals surface area contributed by atoms with Crippen LogP contribution < -0.4 is 10.5 Å². The number of nitrogens with zero attached hydrogens (tertiary/aromatic N) is 1. The number of pyridine rings is 1. The van der Waals surface area contributed by atoms with Crippen molar-refractivity contribution in [3.8, 4) is 17.0 Å². The maximum atomic E-state index is 11.5. The molecule has 0 aliphatic heterocycles. The third-order valence-electron chi connectivity index (χ3n) is 3.29. The van der Waals surface area contributed by atoms with Gasteiger partial charge in [0.25, 0.3) is 0 Å². The van der Waals surface area contributed by atoms with E-state index in [-0.39, 0.29) is 18.4 Å². The molecule has 0 fully saturated rings. The molecule has 2 N–H and O–H groups in total. The van der Waals surface area contributed by atoms with Crippen LogP contribution >= 0.6 is 0 Å². The van der Waals surface area contributed by atoms with Crippen LogP contribution in [-0.4, -0.2) is 24.7 Å². The molecular formula is C17H20N2O3. The van der Waals surface area contributed by atoms with Crippen molar-refractivity contribution in [1.29, 1.82) is 0 Å². The Morgan fingerprint density at radius 2 is 2.09 bits per heavy atom. The van der Waals surface area contributed by atoms with E-state index in [1.165, 1.54) is 0 Å². The predicted octanol–water partition coefficient (Wildman–Crippen LogP) is 2.71. The molecule has 0 radical (unpaired) electrons. The van der Waals surface area contributed by atoms with Gasteiger partial charge >= 0.3 is 5.97 Å². The molecule has 2 aromatic rings. The molecule has 22 heavy (non-hydrogen) atoms. The summed E-state index contributed by atoms with van der Waals surface area (Å²) in [6.07, 6.45) is 1.91. The van der Waals surface area contributed by atoms with Crippen LogP contribution in [0.4, 0.5) is 0 Å². The van der Waals surface area contributed by atoms with Crippen LogP contribution in [0.3, 0.4) is 0 Å². The standard InChI is InChI=1S/C17H20N2O3/c1-3-22-17(20)10-15(18)13-6-4-5-12(9-13)14-7-8-16(21-2)19-11-14/h4-9,11,15H,3,10,18H2,1-2H3. The third-order valence-corrected chi connectivity index (χ3v) is 3.29. The summed E-state index contributed by atoms with van der Waals surface area (Å²) in [6, 6.07) is 11.1. The van der Waals surface area contributed by atoms with Gasteiger partial charge in [-0.1, -0.05) is 18.2 Å². The summed E-state index contributed by atoms with van der Waals surface area (Å²) in [7, 11) is 1.58. The van der Waals surface area contributed by atoms with Gasteiger partial charge in [-0.05, 0) is 30.2 Å². The highest BCUT2D eigenvalue weighted by Crippen LogP contribution is 2.24. The lowest BCUT2D eigenvalue weighted by Crippen LogP contribution is -2.17. The molecule has 0 saturated heterocycles. The molecule has 1 aromatic heterocycles. The molecule has 0 saturated carbocycles. The molecule has 2 rings (SSSR count). The zero-order chi connectivity index (χ0) is 15.9. The first kappa shape index (κ1) is 16.0. The number of benzene rings is 1. The normalized spacial score (nSPS) is 11.8. The Morgan fingerprint density at radius 3 is 2.73 bits per heavy atom. The molecule has 1 atom stereocenters. The molecule has 5 nitrogen and oxygen atoms in total. The van der Waals surface area contributed by atoms with Gasteiger partial charge in [0.2, 0.25) is 5.88 Å². The number of esters is 1. The first-order valence-electron chi connectivity index (χ1n) is 7.15. The Kier molecular flexibility index (Phi) is 5.49. The molecule has 0 spiro atoms. The average Bonchev–Trinajstić information content (AvgIpc) is 2.55. The van der Waals surface area contributed by atoms with Crippen molar-refractivity contribution in [2.45, 2.75) is 19.4 Å². The fraction of sp³-hybridized carbons (Fsp3) is 0.294. The highest BCUT2D eigenvalue weighted by Gasteiger charge is 2.13. The van der Waals surface area contributed by atoms with Gasteiger partial charge in [-0.2, -0.15) is 0 Å². The summed E-state index contributed by atoms with van der Waals surface area (Å²) < 4.78 is 9.98. The van der Waals surface area contributed by atoms with Crippen LogP contribution in [0.15, 0.2) is 42.6 Å². The number of hydrogen-bond donors (Lipinski definition) is 1. The fourth-order valence-electron chi connectivity index (χ4n) is 2.14. The average molecular weight is 300 g/mol. The van der Waals surface area contributed by atoms with Crippen LogP contribution in [0, 0.1) is 0 Å². The van der Waals surface area contributed by atoms with Crippen LogP contribution in [0.1, 0.15) is 24.9 Å². The minimum Gasteiger partial charge on any atom is -0.481 e. The van der Waals surface area contributed by atoms with Gasteiger partial charge in [0.15, 0.2) is 0 Å². The quantitative estimate of drug-likeness (QED) is 0.830. The number of carbonyl (C=O) groups is 1. The van der Waals surface area contributed by atoms with Gasteiger partial charge in [-0.15, -0.1) is 0 Å². The Labute approximate surface area is 130 Å². The predicted molar refractivity (Wildman–Crippen MR) is 84.4 cm³/mol. The molecule has 5 heteroatoms. The van der Waals surface area contributed by atoms with Crippen molar-refractivity contribution in [2.75, 3.05) is 13.7 Å². The maximum absolute atomic E-state index is 11.5. The maximum Gasteiger partial charge on any atom is 0.307 e. The van der Waals surface area contributed by atoms with Crippen LogP contribution in [0.2, 0.25) is 0 Å². The van der Waals surface area contributed by atoms with E-state index in [1.807, 2.05) is 30.3 Å². The Morgan fingerprint density at radius 1 is 1.27 bits per heavy atom. The molecule has 1 aromatic carbocycles. The lowest BCUT2D eigenvalue weighted by molar-refractivity contribution is -0.143. The Balaban J connectivity index is 2.16. The van der Waals surface area contributed by atoms with Crippen LogP contribution in [-0.2, 0) is 9.53 Å². The molecule has 0 bridgehead atoms. The van der Waals surface area contributed by atoms with E-state index in [0.717, 1.165) is 16.7 Å². The largest absolute Gasteiger partial charge is 0.481 e. The number of hydrogen-bond acceptors (Lipinski definition) is 5. The zero-order valence-electron chi connectivity index (χ0n) is 12.8. The van der Waals surface area contributed by atoms with Crippen molar-refractivity contribution in [1.82, 2.24) is 4.98 Å². The van der Waals surface area contributed by atoms with Crippen molar-refractivity contribution in [3.63, 3.8) is 0 Å². The van der Waals surface area contributed by atoms with Crippen molar-refractivity contribution >= 4 is 5.97 Å². The lowest BCUT2D eigenvalue weighted by atomic mass is 9.99. The van der Waals surface area contributed by atoms with Gasteiger partial charge in [0, 0.05) is 23.9 Å². The topological polar surface area (TPSA) is 74.4 Å². The highest BCUT2D eigenvalue weighted by molar-refractivity contribution is 5.71. The van der Waals surface area contributed by atoms with Gasteiger partial charge in [-0.25, -0.2) is 4.98 Å². The second-order valence-corrected chi connectivity index (χ2v) is 4.83. The van der Waals surface area contributed by atoms with Gasteiger partial charge in [0.05, 0.1) is 20.1 Å².